The van der Waals surface area contributed by atoms with Gasteiger partial charge >= 0.3 is 6.01 Å². The Bertz CT molecular complexity index is 494. The van der Waals surface area contributed by atoms with Gasteiger partial charge in [0.15, 0.2) is 0 Å². The molecule has 0 amide bonds. The summed E-state index contributed by atoms with van der Waals surface area (Å²) in [4.78, 5) is 13.3. The van der Waals surface area contributed by atoms with Crippen LogP contribution in [0.2, 0.25) is 5.15 Å². The molecule has 1 aromatic heterocycles. The van der Waals surface area contributed by atoms with Crippen LogP contribution >= 0.6 is 11.6 Å². The number of nitrogens with zero attached hydrogens (tertiary/aromatic N) is 4. The number of anilines is 1. The number of halogens is 1. The average Bonchev–Trinajstić information content (AvgIpc) is 2.92. The minimum atomic E-state index is 0.346. The number of fused-ring (bicyclic) bond motifs is 1. The van der Waals surface area contributed by atoms with E-state index >= 15 is 0 Å². The van der Waals surface area contributed by atoms with E-state index in [4.69, 9.17) is 21.1 Å². The molecule has 0 aromatic carbocycles. The molecule has 0 radical (unpaired) electrons. The molecule has 0 unspecified atom stereocenters. The SMILES string of the molecule is COc1nc(Cl)c2c(n1)N(CCCN1CCOCC1)CC2. The second-order valence-electron chi connectivity index (χ2n) is 5.35. The summed E-state index contributed by atoms with van der Waals surface area (Å²) in [5.41, 5.74) is 1.05. The summed E-state index contributed by atoms with van der Waals surface area (Å²) in [6, 6.07) is 0.346. The molecule has 0 aliphatic carbocycles. The van der Waals surface area contributed by atoms with E-state index in [1.165, 1.54) is 0 Å². The van der Waals surface area contributed by atoms with Crippen molar-refractivity contribution in [3.8, 4) is 6.01 Å². The quantitative estimate of drug-likeness (QED) is 0.762. The standard InChI is InChI=1S/C14H21ClN4O2/c1-20-14-16-12(15)11-3-6-19(13(11)17-14)5-2-4-18-7-9-21-10-8-18/h2-10H2,1H3. The minimum Gasteiger partial charge on any atom is -0.467 e. The van der Waals surface area contributed by atoms with Crippen molar-refractivity contribution in [1.82, 2.24) is 14.9 Å². The Labute approximate surface area is 130 Å². The molecule has 3 rings (SSSR count). The van der Waals surface area contributed by atoms with Crippen molar-refractivity contribution in [1.29, 1.82) is 0 Å². The molecule has 1 fully saturated rings. The van der Waals surface area contributed by atoms with E-state index in [0.717, 1.165) is 70.2 Å². The lowest BCUT2D eigenvalue weighted by Gasteiger charge is -2.27. The predicted molar refractivity (Wildman–Crippen MR) is 81.4 cm³/mol. The molecule has 0 saturated carbocycles. The molecule has 21 heavy (non-hydrogen) atoms. The van der Waals surface area contributed by atoms with Crippen LogP contribution in [-0.4, -0.2) is 67.9 Å². The summed E-state index contributed by atoms with van der Waals surface area (Å²) < 4.78 is 10.5. The van der Waals surface area contributed by atoms with Crippen LogP contribution in [0.3, 0.4) is 0 Å². The third-order valence-corrected chi connectivity index (χ3v) is 4.35. The smallest absolute Gasteiger partial charge is 0.319 e. The topological polar surface area (TPSA) is 50.7 Å². The fourth-order valence-corrected chi connectivity index (χ4v) is 3.13. The zero-order valence-electron chi connectivity index (χ0n) is 12.3. The van der Waals surface area contributed by atoms with Gasteiger partial charge in [-0.1, -0.05) is 11.6 Å². The van der Waals surface area contributed by atoms with Crippen LogP contribution in [0.1, 0.15) is 12.0 Å². The van der Waals surface area contributed by atoms with E-state index in [-0.39, 0.29) is 0 Å². The first-order valence-corrected chi connectivity index (χ1v) is 7.81. The van der Waals surface area contributed by atoms with Gasteiger partial charge < -0.3 is 14.4 Å². The second kappa shape index (κ2) is 6.77. The number of hydrogen-bond acceptors (Lipinski definition) is 6. The summed E-state index contributed by atoms with van der Waals surface area (Å²) in [7, 11) is 1.57. The minimum absolute atomic E-state index is 0.346. The maximum absolute atomic E-state index is 6.19. The summed E-state index contributed by atoms with van der Waals surface area (Å²) in [5.74, 6) is 0.939. The van der Waals surface area contributed by atoms with Crippen molar-refractivity contribution in [2.45, 2.75) is 12.8 Å². The largest absolute Gasteiger partial charge is 0.467 e. The summed E-state index contributed by atoms with van der Waals surface area (Å²) in [5, 5.41) is 0.521. The molecule has 6 nitrogen and oxygen atoms in total. The first kappa shape index (κ1) is 14.8. The number of hydrogen-bond donors (Lipinski definition) is 0. The fraction of sp³-hybridized carbons (Fsp3) is 0.714. The Morgan fingerprint density at radius 1 is 1.19 bits per heavy atom. The van der Waals surface area contributed by atoms with Gasteiger partial charge in [0.1, 0.15) is 11.0 Å². The van der Waals surface area contributed by atoms with Crippen LogP contribution in [0.25, 0.3) is 0 Å². The van der Waals surface area contributed by atoms with Gasteiger partial charge in [-0.05, 0) is 12.8 Å². The molecule has 1 saturated heterocycles. The van der Waals surface area contributed by atoms with Gasteiger partial charge in [0.05, 0.1) is 20.3 Å². The lowest BCUT2D eigenvalue weighted by atomic mass is 10.3. The van der Waals surface area contributed by atoms with Gasteiger partial charge in [0.2, 0.25) is 0 Å². The maximum Gasteiger partial charge on any atom is 0.319 e. The van der Waals surface area contributed by atoms with E-state index in [1.54, 1.807) is 7.11 Å². The molecule has 116 valence electrons. The molecule has 0 bridgehead atoms. The Morgan fingerprint density at radius 3 is 2.76 bits per heavy atom. The summed E-state index contributed by atoms with van der Waals surface area (Å²) >= 11 is 6.19. The zero-order valence-corrected chi connectivity index (χ0v) is 13.1. The Morgan fingerprint density at radius 2 is 2.00 bits per heavy atom. The van der Waals surface area contributed by atoms with E-state index in [1.807, 2.05) is 0 Å². The van der Waals surface area contributed by atoms with Crippen molar-refractivity contribution < 1.29 is 9.47 Å². The van der Waals surface area contributed by atoms with E-state index < -0.39 is 0 Å². The van der Waals surface area contributed by atoms with Crippen molar-refractivity contribution in [3.05, 3.63) is 10.7 Å². The maximum atomic E-state index is 6.19. The summed E-state index contributed by atoms with van der Waals surface area (Å²) in [6.45, 7) is 6.84. The van der Waals surface area contributed by atoms with Crippen LogP contribution in [0, 0.1) is 0 Å². The van der Waals surface area contributed by atoms with Crippen molar-refractivity contribution >= 4 is 17.4 Å². The van der Waals surface area contributed by atoms with Crippen molar-refractivity contribution in [2.24, 2.45) is 0 Å². The van der Waals surface area contributed by atoms with Gasteiger partial charge in [0.25, 0.3) is 0 Å². The van der Waals surface area contributed by atoms with Gasteiger partial charge in [0, 0.05) is 38.3 Å². The number of ether oxygens (including phenoxy) is 2. The number of morpholine rings is 1. The van der Waals surface area contributed by atoms with Crippen molar-refractivity contribution in [3.63, 3.8) is 0 Å². The number of methoxy groups -OCH3 is 1. The van der Waals surface area contributed by atoms with Crippen LogP contribution in [0.4, 0.5) is 5.82 Å². The van der Waals surface area contributed by atoms with E-state index in [2.05, 4.69) is 19.8 Å². The van der Waals surface area contributed by atoms with Crippen LogP contribution in [0.15, 0.2) is 0 Å². The first-order valence-electron chi connectivity index (χ1n) is 7.43. The summed E-state index contributed by atoms with van der Waals surface area (Å²) in [6.07, 6.45) is 2.03. The molecule has 2 aliphatic rings. The molecular weight excluding hydrogens is 292 g/mol. The Hall–Kier alpha value is -1.11. The second-order valence-corrected chi connectivity index (χ2v) is 5.71. The van der Waals surface area contributed by atoms with Crippen LogP contribution in [0.5, 0.6) is 6.01 Å². The third-order valence-electron chi connectivity index (χ3n) is 4.03. The zero-order chi connectivity index (χ0) is 14.7. The van der Waals surface area contributed by atoms with Crippen LogP contribution < -0.4 is 9.64 Å². The Kier molecular flexibility index (Phi) is 4.77. The first-order chi connectivity index (χ1) is 10.3. The average molecular weight is 313 g/mol. The monoisotopic (exact) mass is 312 g/mol. The van der Waals surface area contributed by atoms with Gasteiger partial charge in [-0.2, -0.15) is 9.97 Å². The fourth-order valence-electron chi connectivity index (χ4n) is 2.87. The highest BCUT2D eigenvalue weighted by molar-refractivity contribution is 6.30. The molecule has 2 aliphatic heterocycles. The van der Waals surface area contributed by atoms with Crippen molar-refractivity contribution in [2.75, 3.05) is 57.9 Å². The molecular formula is C14H21ClN4O2. The highest BCUT2D eigenvalue weighted by Gasteiger charge is 2.25. The van der Waals surface area contributed by atoms with E-state index in [0.29, 0.717) is 11.2 Å². The molecule has 7 heteroatoms. The van der Waals surface area contributed by atoms with Gasteiger partial charge in [-0.3, -0.25) is 4.90 Å². The predicted octanol–water partition coefficient (Wildman–Crippen LogP) is 1.22. The highest BCUT2D eigenvalue weighted by atomic mass is 35.5. The number of aromatic nitrogens is 2. The number of rotatable bonds is 5. The molecule has 3 heterocycles. The normalized spacial score (nSPS) is 18.9. The highest BCUT2D eigenvalue weighted by Crippen LogP contribution is 2.32. The molecule has 1 aromatic rings. The van der Waals surface area contributed by atoms with Crippen LogP contribution in [-0.2, 0) is 11.2 Å². The molecule has 0 spiro atoms. The van der Waals surface area contributed by atoms with E-state index in [9.17, 15) is 0 Å². The lowest BCUT2D eigenvalue weighted by Crippen LogP contribution is -2.38. The molecule has 0 atom stereocenters. The molecule has 0 N–H and O–H groups in total. The van der Waals surface area contributed by atoms with Gasteiger partial charge in [-0.25, -0.2) is 0 Å². The Balaban J connectivity index is 1.57. The van der Waals surface area contributed by atoms with Gasteiger partial charge in [-0.15, -0.1) is 0 Å². The third kappa shape index (κ3) is 3.39. The lowest BCUT2D eigenvalue weighted by molar-refractivity contribution is 0.0376.